The Balaban J connectivity index is 2.85. The minimum atomic E-state index is -0.567. The van der Waals surface area contributed by atoms with Gasteiger partial charge in [0.25, 0.3) is 0 Å². The Morgan fingerprint density at radius 3 is 2.87 bits per heavy atom. The fourth-order valence-electron chi connectivity index (χ4n) is 1.30. The van der Waals surface area contributed by atoms with Crippen LogP contribution >= 0.6 is 27.5 Å². The van der Waals surface area contributed by atoms with Gasteiger partial charge in [-0.2, -0.15) is 0 Å². The Kier molecular flexibility index (Phi) is 4.84. The van der Waals surface area contributed by atoms with Gasteiger partial charge in [-0.1, -0.05) is 46.6 Å². The Bertz CT molecular complexity index is 363. The first-order valence-electron chi connectivity index (χ1n) is 4.84. The van der Waals surface area contributed by atoms with Crippen LogP contribution in [-0.4, -0.2) is 5.11 Å². The second-order valence-corrected chi connectivity index (χ2v) is 4.81. The molecule has 0 aliphatic heterocycles. The fraction of sp³-hybridized carbons (Fsp3) is 0.333. The van der Waals surface area contributed by atoms with Crippen LogP contribution in [0.25, 0.3) is 0 Å². The van der Waals surface area contributed by atoms with Crippen LogP contribution < -0.4 is 0 Å². The molecule has 0 amide bonds. The predicted molar refractivity (Wildman–Crippen MR) is 68.2 cm³/mol. The number of aliphatic hydroxyl groups is 1. The third kappa shape index (κ3) is 3.63. The number of benzene rings is 1. The number of halogens is 2. The van der Waals surface area contributed by atoms with Gasteiger partial charge in [0.15, 0.2) is 0 Å². The van der Waals surface area contributed by atoms with Gasteiger partial charge in [-0.15, -0.1) is 0 Å². The molecule has 0 aromatic heterocycles. The molecule has 1 aromatic carbocycles. The second-order valence-electron chi connectivity index (χ2n) is 3.49. The van der Waals surface area contributed by atoms with Crippen LogP contribution in [0.5, 0.6) is 0 Å². The van der Waals surface area contributed by atoms with Crippen molar-refractivity contribution in [3.05, 3.63) is 45.4 Å². The minimum absolute atomic E-state index is 0.562. The molecule has 3 heteroatoms. The van der Waals surface area contributed by atoms with E-state index in [4.69, 9.17) is 11.6 Å². The fourth-order valence-corrected chi connectivity index (χ4v) is 1.92. The Hall–Kier alpha value is -0.310. The molecule has 0 saturated carbocycles. The van der Waals surface area contributed by atoms with Gasteiger partial charge >= 0.3 is 0 Å². The summed E-state index contributed by atoms with van der Waals surface area (Å²) in [6.45, 7) is 5.90. The molecule has 0 fully saturated rings. The van der Waals surface area contributed by atoms with Crippen LogP contribution in [-0.2, 0) is 0 Å². The van der Waals surface area contributed by atoms with Gasteiger partial charge in [0.1, 0.15) is 0 Å². The molecule has 1 unspecified atom stereocenters. The smallest absolute Gasteiger partial charge is 0.0841 e. The van der Waals surface area contributed by atoms with Gasteiger partial charge in [0.05, 0.1) is 6.10 Å². The predicted octanol–water partition coefficient (Wildman–Crippen LogP) is 4.49. The third-order valence-electron chi connectivity index (χ3n) is 2.30. The summed E-state index contributed by atoms with van der Waals surface area (Å²) in [6, 6.07) is 5.47. The van der Waals surface area contributed by atoms with Crippen LogP contribution in [0.1, 0.15) is 31.4 Å². The van der Waals surface area contributed by atoms with Crippen molar-refractivity contribution in [2.75, 3.05) is 0 Å². The van der Waals surface area contributed by atoms with Crippen LogP contribution in [0, 0.1) is 0 Å². The zero-order valence-corrected chi connectivity index (χ0v) is 11.0. The molecule has 1 rings (SSSR count). The van der Waals surface area contributed by atoms with Gasteiger partial charge in [-0.05, 0) is 31.0 Å². The van der Waals surface area contributed by atoms with Gasteiger partial charge < -0.3 is 5.11 Å². The zero-order valence-electron chi connectivity index (χ0n) is 8.63. The average Bonchev–Trinajstić information content (AvgIpc) is 2.21. The number of rotatable bonds is 4. The van der Waals surface area contributed by atoms with Crippen LogP contribution in [0.15, 0.2) is 34.8 Å². The highest BCUT2D eigenvalue weighted by molar-refractivity contribution is 9.10. The summed E-state index contributed by atoms with van der Waals surface area (Å²) >= 11 is 9.36. The molecule has 0 saturated heterocycles. The Morgan fingerprint density at radius 2 is 2.27 bits per heavy atom. The van der Waals surface area contributed by atoms with Crippen LogP contribution in [0.4, 0.5) is 0 Å². The quantitative estimate of drug-likeness (QED) is 0.810. The number of hydrogen-bond acceptors (Lipinski definition) is 1. The minimum Gasteiger partial charge on any atom is -0.388 e. The molecule has 82 valence electrons. The largest absolute Gasteiger partial charge is 0.388 e. The van der Waals surface area contributed by atoms with Crippen LogP contribution in [0.2, 0.25) is 5.02 Å². The molecule has 1 N–H and O–H groups in total. The summed E-state index contributed by atoms with van der Waals surface area (Å²) in [6.07, 6.45) is 0.873. The van der Waals surface area contributed by atoms with Crippen molar-refractivity contribution in [3.63, 3.8) is 0 Å². The number of aliphatic hydroxyl groups excluding tert-OH is 1. The lowest BCUT2D eigenvalue weighted by Crippen LogP contribution is -1.99. The van der Waals surface area contributed by atoms with Crippen molar-refractivity contribution in [1.82, 2.24) is 0 Å². The topological polar surface area (TPSA) is 20.2 Å². The van der Waals surface area contributed by atoms with Gasteiger partial charge in [-0.25, -0.2) is 0 Å². The van der Waals surface area contributed by atoms with E-state index in [0.29, 0.717) is 11.4 Å². The summed E-state index contributed by atoms with van der Waals surface area (Å²) in [5.74, 6) is 0. The van der Waals surface area contributed by atoms with Crippen molar-refractivity contribution < 1.29 is 5.11 Å². The van der Waals surface area contributed by atoms with Gasteiger partial charge in [0, 0.05) is 15.1 Å². The van der Waals surface area contributed by atoms with Crippen molar-refractivity contribution in [2.45, 2.75) is 25.9 Å². The highest BCUT2D eigenvalue weighted by Gasteiger charge is 2.12. The molecule has 0 bridgehead atoms. The molecule has 0 aliphatic carbocycles. The first-order valence-corrected chi connectivity index (χ1v) is 6.01. The zero-order chi connectivity index (χ0) is 11.4. The van der Waals surface area contributed by atoms with Crippen molar-refractivity contribution in [3.8, 4) is 0 Å². The van der Waals surface area contributed by atoms with E-state index in [2.05, 4.69) is 22.5 Å². The Morgan fingerprint density at radius 1 is 1.60 bits per heavy atom. The lowest BCUT2D eigenvalue weighted by Gasteiger charge is -2.13. The molecule has 0 spiro atoms. The molecule has 1 atom stereocenters. The molecule has 0 radical (unpaired) electrons. The lowest BCUT2D eigenvalue weighted by atomic mass is 10.0. The summed E-state index contributed by atoms with van der Waals surface area (Å²) < 4.78 is 0.920. The van der Waals surface area contributed by atoms with E-state index in [9.17, 15) is 5.11 Å². The molecular weight excluding hydrogens is 275 g/mol. The van der Waals surface area contributed by atoms with E-state index >= 15 is 0 Å². The normalized spacial score (nSPS) is 12.5. The molecule has 0 aliphatic rings. The van der Waals surface area contributed by atoms with E-state index in [-0.39, 0.29) is 0 Å². The summed E-state index contributed by atoms with van der Waals surface area (Å²) in [5.41, 5.74) is 1.78. The van der Waals surface area contributed by atoms with Crippen molar-refractivity contribution in [2.24, 2.45) is 0 Å². The monoisotopic (exact) mass is 288 g/mol. The third-order valence-corrected chi connectivity index (χ3v) is 3.14. The maximum absolute atomic E-state index is 9.96. The highest BCUT2D eigenvalue weighted by Crippen LogP contribution is 2.30. The van der Waals surface area contributed by atoms with Gasteiger partial charge in [-0.3, -0.25) is 0 Å². The van der Waals surface area contributed by atoms with Crippen LogP contribution in [0.3, 0.4) is 0 Å². The molecule has 1 nitrogen and oxygen atoms in total. The summed E-state index contributed by atoms with van der Waals surface area (Å²) in [7, 11) is 0. The van der Waals surface area contributed by atoms with E-state index < -0.39 is 6.10 Å². The van der Waals surface area contributed by atoms with E-state index in [1.54, 1.807) is 6.07 Å². The molecule has 1 aromatic rings. The summed E-state index contributed by atoms with van der Waals surface area (Å²) in [5, 5.41) is 10.6. The maximum Gasteiger partial charge on any atom is 0.0841 e. The first kappa shape index (κ1) is 12.8. The Labute approximate surface area is 104 Å². The summed E-state index contributed by atoms with van der Waals surface area (Å²) in [4.78, 5) is 0. The lowest BCUT2D eigenvalue weighted by molar-refractivity contribution is 0.177. The highest BCUT2D eigenvalue weighted by atomic mass is 79.9. The van der Waals surface area contributed by atoms with Crippen molar-refractivity contribution in [1.29, 1.82) is 0 Å². The standard InChI is InChI=1S/C12H14BrClO/c1-3-8(2)6-12(15)10-7-9(13)4-5-11(10)14/h4-5,7,12,15H,2-3,6H2,1H3. The van der Waals surface area contributed by atoms with E-state index in [0.717, 1.165) is 22.0 Å². The van der Waals surface area contributed by atoms with E-state index in [1.807, 2.05) is 19.1 Å². The van der Waals surface area contributed by atoms with Gasteiger partial charge in [0.2, 0.25) is 0 Å². The molecule has 0 heterocycles. The number of hydrogen-bond donors (Lipinski definition) is 1. The molecular formula is C12H14BrClO. The SMILES string of the molecule is C=C(CC)CC(O)c1cc(Br)ccc1Cl. The van der Waals surface area contributed by atoms with Crippen molar-refractivity contribution >= 4 is 27.5 Å². The average molecular weight is 290 g/mol. The second kappa shape index (κ2) is 5.69. The van der Waals surface area contributed by atoms with E-state index in [1.165, 1.54) is 0 Å². The maximum atomic E-state index is 9.96. The first-order chi connectivity index (χ1) is 7.04. The molecule has 15 heavy (non-hydrogen) atoms.